The van der Waals surface area contributed by atoms with Crippen LogP contribution in [0.4, 0.5) is 4.39 Å². The van der Waals surface area contributed by atoms with Crippen LogP contribution in [0.1, 0.15) is 43.4 Å². The molecule has 0 aliphatic heterocycles. The maximum atomic E-state index is 13.6. The van der Waals surface area contributed by atoms with Crippen molar-refractivity contribution in [1.82, 2.24) is 0 Å². The van der Waals surface area contributed by atoms with Crippen molar-refractivity contribution in [3.05, 3.63) is 34.6 Å². The van der Waals surface area contributed by atoms with Crippen LogP contribution in [0, 0.1) is 17.1 Å². The lowest BCUT2D eigenvalue weighted by molar-refractivity contribution is 0.595. The fourth-order valence-corrected chi connectivity index (χ4v) is 1.56. The third-order valence-electron chi connectivity index (χ3n) is 2.30. The molecule has 0 saturated heterocycles. The van der Waals surface area contributed by atoms with Gasteiger partial charge in [-0.2, -0.15) is 5.26 Å². The van der Waals surface area contributed by atoms with E-state index in [1.807, 2.05) is 20.8 Å². The average molecular weight is 191 g/mol. The smallest absolute Gasteiger partial charge is 0.128 e. The van der Waals surface area contributed by atoms with Crippen LogP contribution in [0.25, 0.3) is 0 Å². The van der Waals surface area contributed by atoms with E-state index in [4.69, 9.17) is 5.26 Å². The van der Waals surface area contributed by atoms with Crippen LogP contribution in [0.2, 0.25) is 0 Å². The van der Waals surface area contributed by atoms with Crippen LogP contribution >= 0.6 is 0 Å². The Labute approximate surface area is 84.2 Å². The van der Waals surface area contributed by atoms with E-state index in [2.05, 4.69) is 6.07 Å². The van der Waals surface area contributed by atoms with Crippen LogP contribution < -0.4 is 0 Å². The average Bonchev–Trinajstić information content (AvgIpc) is 2.15. The number of hydrogen-bond donors (Lipinski definition) is 0. The van der Waals surface area contributed by atoms with Gasteiger partial charge in [-0.15, -0.1) is 0 Å². The molecule has 0 N–H and O–H groups in total. The quantitative estimate of drug-likeness (QED) is 0.703. The number of hydrogen-bond acceptors (Lipinski definition) is 1. The van der Waals surface area contributed by atoms with E-state index >= 15 is 0 Å². The molecule has 0 unspecified atom stereocenters. The molecule has 0 amide bonds. The Balaban J connectivity index is 3.37. The van der Waals surface area contributed by atoms with Crippen molar-refractivity contribution in [2.45, 2.75) is 33.1 Å². The Hall–Kier alpha value is -1.36. The number of nitrogens with zero attached hydrogens (tertiary/aromatic N) is 1. The number of benzene rings is 1. The first-order chi connectivity index (χ1) is 6.60. The molecule has 0 atom stereocenters. The van der Waals surface area contributed by atoms with Crippen LogP contribution in [0.15, 0.2) is 12.1 Å². The lowest BCUT2D eigenvalue weighted by atomic mass is 9.94. The van der Waals surface area contributed by atoms with Crippen LogP contribution in [-0.2, 0) is 6.42 Å². The molecule has 0 heterocycles. The van der Waals surface area contributed by atoms with E-state index in [1.165, 1.54) is 6.07 Å². The van der Waals surface area contributed by atoms with Crippen molar-refractivity contribution < 1.29 is 4.39 Å². The molecule has 74 valence electrons. The van der Waals surface area contributed by atoms with Crippen molar-refractivity contribution in [2.75, 3.05) is 0 Å². The highest BCUT2D eigenvalue weighted by molar-refractivity contribution is 5.43. The summed E-state index contributed by atoms with van der Waals surface area (Å²) in [4.78, 5) is 0. The predicted molar refractivity (Wildman–Crippen MR) is 54.6 cm³/mol. The number of rotatable bonds is 2. The standard InChI is InChI=1S/C12H14FN/c1-4-9-5-10(7-14)12(8(2)3)11(13)6-9/h5-6,8H,4H2,1-3H3. The molecule has 14 heavy (non-hydrogen) atoms. The van der Waals surface area contributed by atoms with Crippen molar-refractivity contribution in [1.29, 1.82) is 5.26 Å². The molecule has 0 aliphatic carbocycles. The summed E-state index contributed by atoms with van der Waals surface area (Å²) >= 11 is 0. The van der Waals surface area contributed by atoms with Crippen molar-refractivity contribution in [3.63, 3.8) is 0 Å². The lowest BCUT2D eigenvalue weighted by Crippen LogP contribution is -1.99. The summed E-state index contributed by atoms with van der Waals surface area (Å²) < 4.78 is 13.6. The zero-order valence-electron chi connectivity index (χ0n) is 8.76. The summed E-state index contributed by atoms with van der Waals surface area (Å²) in [5.74, 6) is -0.202. The largest absolute Gasteiger partial charge is 0.207 e. The molecule has 2 heteroatoms. The fraction of sp³-hybridized carbons (Fsp3) is 0.417. The van der Waals surface area contributed by atoms with E-state index < -0.39 is 0 Å². The maximum absolute atomic E-state index is 13.6. The number of aryl methyl sites for hydroxylation is 1. The van der Waals surface area contributed by atoms with Crippen molar-refractivity contribution in [2.24, 2.45) is 0 Å². The van der Waals surface area contributed by atoms with E-state index in [1.54, 1.807) is 6.07 Å². The van der Waals surface area contributed by atoms with Gasteiger partial charge in [0, 0.05) is 5.56 Å². The molecule has 1 nitrogen and oxygen atoms in total. The maximum Gasteiger partial charge on any atom is 0.128 e. The highest BCUT2D eigenvalue weighted by Gasteiger charge is 2.13. The Morgan fingerprint density at radius 2 is 2.07 bits per heavy atom. The molecule has 1 rings (SSSR count). The van der Waals surface area contributed by atoms with Crippen LogP contribution in [0.5, 0.6) is 0 Å². The third kappa shape index (κ3) is 1.93. The first kappa shape index (κ1) is 10.7. The fourth-order valence-electron chi connectivity index (χ4n) is 1.56. The molecule has 0 aromatic heterocycles. The van der Waals surface area contributed by atoms with Gasteiger partial charge in [0.25, 0.3) is 0 Å². The van der Waals surface area contributed by atoms with Gasteiger partial charge in [0.2, 0.25) is 0 Å². The first-order valence-corrected chi connectivity index (χ1v) is 4.82. The van der Waals surface area contributed by atoms with Crippen molar-refractivity contribution >= 4 is 0 Å². The van der Waals surface area contributed by atoms with Crippen LogP contribution in [0.3, 0.4) is 0 Å². The van der Waals surface area contributed by atoms with Gasteiger partial charge < -0.3 is 0 Å². The predicted octanol–water partition coefficient (Wildman–Crippen LogP) is 3.38. The van der Waals surface area contributed by atoms with Gasteiger partial charge in [-0.1, -0.05) is 20.8 Å². The number of nitriles is 1. The molecule has 0 bridgehead atoms. The molecule has 0 radical (unpaired) electrons. The molecular weight excluding hydrogens is 177 g/mol. The molecular formula is C12H14FN. The molecule has 1 aromatic carbocycles. The van der Waals surface area contributed by atoms with E-state index in [0.29, 0.717) is 11.1 Å². The second-order valence-electron chi connectivity index (χ2n) is 3.66. The van der Waals surface area contributed by atoms with Gasteiger partial charge in [-0.05, 0) is 30.0 Å². The lowest BCUT2D eigenvalue weighted by Gasteiger charge is -2.10. The van der Waals surface area contributed by atoms with E-state index in [9.17, 15) is 4.39 Å². The highest BCUT2D eigenvalue weighted by Crippen LogP contribution is 2.24. The summed E-state index contributed by atoms with van der Waals surface area (Å²) in [5.41, 5.74) is 1.88. The third-order valence-corrected chi connectivity index (χ3v) is 2.30. The minimum atomic E-state index is -0.254. The van der Waals surface area contributed by atoms with Gasteiger partial charge >= 0.3 is 0 Å². The van der Waals surface area contributed by atoms with E-state index in [0.717, 1.165) is 12.0 Å². The summed E-state index contributed by atoms with van der Waals surface area (Å²) in [6.07, 6.45) is 0.754. The van der Waals surface area contributed by atoms with Crippen molar-refractivity contribution in [3.8, 4) is 6.07 Å². The topological polar surface area (TPSA) is 23.8 Å². The summed E-state index contributed by atoms with van der Waals surface area (Å²) in [6.45, 7) is 5.74. The SMILES string of the molecule is CCc1cc(F)c(C(C)C)c(C#N)c1. The van der Waals surface area contributed by atoms with Gasteiger partial charge in [0.15, 0.2) is 0 Å². The first-order valence-electron chi connectivity index (χ1n) is 4.82. The zero-order valence-corrected chi connectivity index (χ0v) is 8.76. The van der Waals surface area contributed by atoms with Gasteiger partial charge in [-0.3, -0.25) is 0 Å². The monoisotopic (exact) mass is 191 g/mol. The molecule has 0 spiro atoms. The van der Waals surface area contributed by atoms with E-state index in [-0.39, 0.29) is 11.7 Å². The Kier molecular flexibility index (Phi) is 3.24. The minimum absolute atomic E-state index is 0.0514. The zero-order chi connectivity index (χ0) is 10.7. The second kappa shape index (κ2) is 4.23. The molecule has 0 fully saturated rings. The van der Waals surface area contributed by atoms with Crippen LogP contribution in [-0.4, -0.2) is 0 Å². The summed E-state index contributed by atoms with van der Waals surface area (Å²) in [5, 5.41) is 8.90. The van der Waals surface area contributed by atoms with Gasteiger partial charge in [-0.25, -0.2) is 4.39 Å². The Morgan fingerprint density at radius 1 is 1.43 bits per heavy atom. The second-order valence-corrected chi connectivity index (χ2v) is 3.66. The molecule has 0 saturated carbocycles. The summed E-state index contributed by atoms with van der Waals surface area (Å²) in [7, 11) is 0. The molecule has 0 aliphatic rings. The number of halogens is 1. The van der Waals surface area contributed by atoms with Gasteiger partial charge in [0.05, 0.1) is 11.6 Å². The Morgan fingerprint density at radius 3 is 2.50 bits per heavy atom. The summed E-state index contributed by atoms with van der Waals surface area (Å²) in [6, 6.07) is 5.35. The Bertz CT molecular complexity index is 375. The highest BCUT2D eigenvalue weighted by atomic mass is 19.1. The minimum Gasteiger partial charge on any atom is -0.207 e. The van der Waals surface area contributed by atoms with Gasteiger partial charge in [0.1, 0.15) is 5.82 Å². The normalized spacial score (nSPS) is 10.3. The molecule has 1 aromatic rings.